The Bertz CT molecular complexity index is 814. The second kappa shape index (κ2) is 18.6. The minimum Gasteiger partial charge on any atom is -0.465 e. The van der Waals surface area contributed by atoms with Crippen molar-refractivity contribution in [2.24, 2.45) is 10.2 Å². The molecule has 0 aliphatic carbocycles. The number of carbonyl (C=O) groups excluding carboxylic acids is 2. The average molecular weight is 527 g/mol. The summed E-state index contributed by atoms with van der Waals surface area (Å²) in [5.74, 6) is 0.582. The lowest BCUT2D eigenvalue weighted by Crippen LogP contribution is -2.34. The van der Waals surface area contributed by atoms with E-state index in [9.17, 15) is 9.59 Å². The standard InChI is InChI=1S/C24H38N4O7S/c1-24(2,3)35-23(30)27-11-13-32-15-17-33-16-14-31-12-10-26-21(29)19-6-8-20(9-7-19)22(28-25-4)34-18-36-5/h6-9H,4,10-18H2,1-3,5H3,(H,26,29)(H,27,30)/b28-22-. The molecule has 0 saturated heterocycles. The highest BCUT2D eigenvalue weighted by atomic mass is 32.2. The molecule has 0 aliphatic rings. The predicted octanol–water partition coefficient (Wildman–Crippen LogP) is 2.69. The Morgan fingerprint density at radius 1 is 0.889 bits per heavy atom. The first-order chi connectivity index (χ1) is 17.3. The number of amides is 2. The molecule has 0 unspecified atom stereocenters. The van der Waals surface area contributed by atoms with E-state index in [0.29, 0.717) is 75.7 Å². The van der Waals surface area contributed by atoms with E-state index < -0.39 is 11.7 Å². The van der Waals surface area contributed by atoms with Crippen LogP contribution in [0.4, 0.5) is 4.79 Å². The molecule has 0 aromatic heterocycles. The molecule has 0 bridgehead atoms. The summed E-state index contributed by atoms with van der Waals surface area (Å²) in [5, 5.41) is 12.8. The van der Waals surface area contributed by atoms with Gasteiger partial charge in [-0.15, -0.1) is 16.9 Å². The zero-order valence-electron chi connectivity index (χ0n) is 21.5. The normalized spacial score (nSPS) is 11.6. The van der Waals surface area contributed by atoms with Crippen molar-refractivity contribution in [3.8, 4) is 0 Å². The smallest absolute Gasteiger partial charge is 0.407 e. The Morgan fingerprint density at radius 3 is 1.94 bits per heavy atom. The lowest BCUT2D eigenvalue weighted by Gasteiger charge is -2.19. The molecule has 11 nitrogen and oxygen atoms in total. The Morgan fingerprint density at radius 2 is 1.42 bits per heavy atom. The third-order valence-electron chi connectivity index (χ3n) is 4.06. The topological polar surface area (TPSA) is 129 Å². The van der Waals surface area contributed by atoms with Gasteiger partial charge in [-0.05, 0) is 51.3 Å². The lowest BCUT2D eigenvalue weighted by molar-refractivity contribution is 0.0145. The molecule has 0 heterocycles. The number of thioether (sulfide) groups is 1. The number of nitrogens with zero attached hydrogens (tertiary/aromatic N) is 2. The van der Waals surface area contributed by atoms with Crippen molar-refractivity contribution in [2.45, 2.75) is 26.4 Å². The van der Waals surface area contributed by atoms with E-state index in [-0.39, 0.29) is 5.91 Å². The van der Waals surface area contributed by atoms with Crippen LogP contribution in [0.3, 0.4) is 0 Å². The van der Waals surface area contributed by atoms with Crippen LogP contribution < -0.4 is 10.6 Å². The van der Waals surface area contributed by atoms with Crippen molar-refractivity contribution < 1.29 is 33.3 Å². The molecule has 0 fully saturated rings. The van der Waals surface area contributed by atoms with Gasteiger partial charge in [-0.1, -0.05) is 0 Å². The number of benzene rings is 1. The molecule has 1 rings (SSSR count). The number of nitrogens with one attached hydrogen (secondary N) is 2. The summed E-state index contributed by atoms with van der Waals surface area (Å²) in [6.45, 7) is 11.9. The molecule has 1 aromatic rings. The lowest BCUT2D eigenvalue weighted by atomic mass is 10.1. The molecule has 2 amide bonds. The number of hydrogen-bond donors (Lipinski definition) is 2. The van der Waals surface area contributed by atoms with E-state index >= 15 is 0 Å². The first kappa shape index (κ1) is 31.4. The molecule has 0 spiro atoms. The van der Waals surface area contributed by atoms with Gasteiger partial charge < -0.3 is 34.3 Å². The molecule has 1 aromatic carbocycles. The third-order valence-corrected chi connectivity index (χ3v) is 4.41. The summed E-state index contributed by atoms with van der Waals surface area (Å²) in [7, 11) is 0. The SMILES string of the molecule is C=N/N=C(\OCSC)c1ccc(C(=O)NCCOCCOCCOCCNC(=O)OC(C)(C)C)cc1. The van der Waals surface area contributed by atoms with Crippen LogP contribution in [0.2, 0.25) is 0 Å². The van der Waals surface area contributed by atoms with Crippen LogP contribution in [0.1, 0.15) is 36.7 Å². The van der Waals surface area contributed by atoms with Crippen LogP contribution in [-0.4, -0.2) is 95.1 Å². The molecule has 0 saturated carbocycles. The first-order valence-corrected chi connectivity index (χ1v) is 12.9. The van der Waals surface area contributed by atoms with Gasteiger partial charge in [0.2, 0.25) is 5.90 Å². The van der Waals surface area contributed by atoms with Crippen molar-refractivity contribution in [1.29, 1.82) is 0 Å². The fourth-order valence-electron chi connectivity index (χ4n) is 2.53. The highest BCUT2D eigenvalue weighted by molar-refractivity contribution is 7.98. The molecule has 0 radical (unpaired) electrons. The summed E-state index contributed by atoms with van der Waals surface area (Å²) >= 11 is 1.51. The van der Waals surface area contributed by atoms with E-state index in [2.05, 4.69) is 27.6 Å². The maximum atomic E-state index is 12.3. The summed E-state index contributed by atoms with van der Waals surface area (Å²) in [6.07, 6.45) is 1.45. The quantitative estimate of drug-likeness (QED) is 0.104. The minimum absolute atomic E-state index is 0.204. The van der Waals surface area contributed by atoms with Crippen LogP contribution in [-0.2, 0) is 23.7 Å². The highest BCUT2D eigenvalue weighted by Gasteiger charge is 2.15. The van der Waals surface area contributed by atoms with Gasteiger partial charge in [0.1, 0.15) is 11.5 Å². The molecule has 0 aliphatic heterocycles. The number of alkyl carbamates (subject to hydrolysis) is 1. The van der Waals surface area contributed by atoms with Crippen LogP contribution in [0.5, 0.6) is 0 Å². The molecule has 0 atom stereocenters. The zero-order chi connectivity index (χ0) is 26.7. The zero-order valence-corrected chi connectivity index (χ0v) is 22.4. The predicted molar refractivity (Wildman–Crippen MR) is 141 cm³/mol. The van der Waals surface area contributed by atoms with E-state index in [1.807, 2.05) is 6.26 Å². The summed E-state index contributed by atoms with van der Waals surface area (Å²) in [6, 6.07) is 6.87. The summed E-state index contributed by atoms with van der Waals surface area (Å²) < 4.78 is 26.9. The van der Waals surface area contributed by atoms with Crippen LogP contribution in [0.25, 0.3) is 0 Å². The average Bonchev–Trinajstić information content (AvgIpc) is 2.83. The maximum Gasteiger partial charge on any atom is 0.407 e. The van der Waals surface area contributed by atoms with E-state index in [4.69, 9.17) is 23.7 Å². The van der Waals surface area contributed by atoms with Gasteiger partial charge in [-0.2, -0.15) is 5.10 Å². The number of hydrogen-bond acceptors (Lipinski definition) is 10. The van der Waals surface area contributed by atoms with Gasteiger partial charge in [0, 0.05) is 30.9 Å². The van der Waals surface area contributed by atoms with Gasteiger partial charge in [0.05, 0.1) is 39.6 Å². The highest BCUT2D eigenvalue weighted by Crippen LogP contribution is 2.09. The summed E-state index contributed by atoms with van der Waals surface area (Å²) in [5.41, 5.74) is 0.699. The Hall–Kier alpha value is -2.67. The molecular formula is C24H38N4O7S. The van der Waals surface area contributed by atoms with Crippen LogP contribution in [0, 0.1) is 0 Å². The van der Waals surface area contributed by atoms with Gasteiger partial charge >= 0.3 is 6.09 Å². The van der Waals surface area contributed by atoms with Crippen LogP contribution >= 0.6 is 11.8 Å². The molecule has 202 valence electrons. The molecule has 2 N–H and O–H groups in total. The molecule has 12 heteroatoms. The van der Waals surface area contributed by atoms with Gasteiger partial charge in [0.15, 0.2) is 0 Å². The number of carbonyl (C=O) groups is 2. The Labute approximate surface area is 217 Å². The van der Waals surface area contributed by atoms with E-state index in [1.165, 1.54) is 11.8 Å². The fraction of sp³-hybridized carbons (Fsp3) is 0.583. The van der Waals surface area contributed by atoms with Crippen molar-refractivity contribution in [3.05, 3.63) is 35.4 Å². The van der Waals surface area contributed by atoms with E-state index in [1.54, 1.807) is 45.0 Å². The number of ether oxygens (including phenoxy) is 5. The molecular weight excluding hydrogens is 488 g/mol. The second-order valence-electron chi connectivity index (χ2n) is 8.20. The Balaban J connectivity index is 2.06. The maximum absolute atomic E-state index is 12.3. The number of rotatable bonds is 17. The monoisotopic (exact) mass is 526 g/mol. The van der Waals surface area contributed by atoms with Gasteiger partial charge in [-0.3, -0.25) is 4.79 Å². The van der Waals surface area contributed by atoms with Crippen LogP contribution in [0.15, 0.2) is 34.5 Å². The molecule has 36 heavy (non-hydrogen) atoms. The largest absolute Gasteiger partial charge is 0.465 e. The third kappa shape index (κ3) is 15.4. The fourth-order valence-corrected chi connectivity index (χ4v) is 2.76. The Kier molecular flexibility index (Phi) is 16.2. The first-order valence-electron chi connectivity index (χ1n) is 11.5. The van der Waals surface area contributed by atoms with Gasteiger partial charge in [0.25, 0.3) is 5.91 Å². The van der Waals surface area contributed by atoms with Crippen molar-refractivity contribution in [1.82, 2.24) is 10.6 Å². The van der Waals surface area contributed by atoms with Crippen molar-refractivity contribution >= 4 is 36.4 Å². The van der Waals surface area contributed by atoms with Crippen molar-refractivity contribution in [2.75, 3.05) is 64.9 Å². The minimum atomic E-state index is -0.522. The second-order valence-corrected chi connectivity index (χ2v) is 9.01. The summed E-state index contributed by atoms with van der Waals surface area (Å²) in [4.78, 5) is 23.7. The van der Waals surface area contributed by atoms with E-state index in [0.717, 1.165) is 0 Å². The van der Waals surface area contributed by atoms with Gasteiger partial charge in [-0.25, -0.2) is 4.79 Å². The van der Waals surface area contributed by atoms with Crippen molar-refractivity contribution in [3.63, 3.8) is 0 Å².